The Morgan fingerprint density at radius 3 is 2.69 bits per heavy atom. The number of piperidine rings is 1. The van der Waals surface area contributed by atoms with E-state index in [4.69, 9.17) is 5.73 Å². The highest BCUT2D eigenvalue weighted by atomic mass is 16.1. The number of carbonyl (C=O) groups is 1. The number of nitrogens with one attached hydrogen (secondary N) is 1. The smallest absolute Gasteiger partial charge is 0.233 e. The minimum absolute atomic E-state index is 0.0427. The fraction of sp³-hybridized carbons (Fsp3) is 0.889. The Kier molecular flexibility index (Phi) is 4.18. The second-order valence-corrected chi connectivity index (χ2v) is 3.75. The van der Waals surface area contributed by atoms with Crippen molar-refractivity contribution in [1.82, 2.24) is 10.2 Å². The topological polar surface area (TPSA) is 58.4 Å². The predicted molar refractivity (Wildman–Crippen MR) is 52.3 cm³/mol. The van der Waals surface area contributed by atoms with E-state index in [1.54, 1.807) is 0 Å². The molecule has 0 aromatic heterocycles. The van der Waals surface area contributed by atoms with Crippen molar-refractivity contribution in [1.29, 1.82) is 0 Å². The van der Waals surface area contributed by atoms with Gasteiger partial charge in [-0.05, 0) is 38.9 Å². The van der Waals surface area contributed by atoms with Crippen molar-refractivity contribution in [3.05, 3.63) is 0 Å². The molecule has 0 aromatic carbocycles. The fourth-order valence-electron chi connectivity index (χ4n) is 1.60. The van der Waals surface area contributed by atoms with Gasteiger partial charge in [-0.25, -0.2) is 0 Å². The quantitative estimate of drug-likeness (QED) is 0.617. The molecule has 1 aliphatic rings. The molecule has 0 atom stereocenters. The Morgan fingerprint density at radius 2 is 2.15 bits per heavy atom. The van der Waals surface area contributed by atoms with Crippen molar-refractivity contribution < 1.29 is 4.79 Å². The molecule has 1 amide bonds. The maximum Gasteiger partial charge on any atom is 0.233 e. The lowest BCUT2D eigenvalue weighted by Gasteiger charge is -2.28. The van der Waals surface area contributed by atoms with Gasteiger partial charge >= 0.3 is 0 Å². The molecule has 1 rings (SSSR count). The molecule has 0 aromatic rings. The van der Waals surface area contributed by atoms with Gasteiger partial charge in [0.05, 0.1) is 6.54 Å². The summed E-state index contributed by atoms with van der Waals surface area (Å²) in [4.78, 5) is 13.2. The first kappa shape index (κ1) is 10.5. The Labute approximate surface area is 79.5 Å². The molecule has 0 unspecified atom stereocenters. The summed E-state index contributed by atoms with van der Waals surface area (Å²) < 4.78 is 0. The molecule has 1 aliphatic heterocycles. The van der Waals surface area contributed by atoms with E-state index < -0.39 is 0 Å². The van der Waals surface area contributed by atoms with Gasteiger partial charge < -0.3 is 16.0 Å². The van der Waals surface area contributed by atoms with E-state index >= 15 is 0 Å². The summed E-state index contributed by atoms with van der Waals surface area (Å²) in [6.07, 6.45) is 2.36. The summed E-state index contributed by atoms with van der Waals surface area (Å²) in [7, 11) is 2.13. The molecule has 4 nitrogen and oxygen atoms in total. The van der Waals surface area contributed by atoms with Crippen LogP contribution in [0, 0.1) is 5.92 Å². The average molecular weight is 185 g/mol. The van der Waals surface area contributed by atoms with Gasteiger partial charge in [0.25, 0.3) is 0 Å². The average Bonchev–Trinajstić information content (AvgIpc) is 2.16. The zero-order valence-corrected chi connectivity index (χ0v) is 8.25. The first-order valence-electron chi connectivity index (χ1n) is 4.87. The van der Waals surface area contributed by atoms with E-state index in [0.29, 0.717) is 5.92 Å². The van der Waals surface area contributed by atoms with E-state index in [-0.39, 0.29) is 12.5 Å². The van der Waals surface area contributed by atoms with Crippen LogP contribution in [-0.2, 0) is 4.79 Å². The summed E-state index contributed by atoms with van der Waals surface area (Å²) >= 11 is 0. The third-order valence-corrected chi connectivity index (χ3v) is 2.61. The van der Waals surface area contributed by atoms with Crippen LogP contribution in [0.1, 0.15) is 12.8 Å². The number of carbonyl (C=O) groups excluding carboxylic acids is 1. The van der Waals surface area contributed by atoms with Crippen LogP contribution < -0.4 is 11.1 Å². The molecule has 13 heavy (non-hydrogen) atoms. The Hall–Kier alpha value is -0.610. The number of rotatable bonds is 3. The van der Waals surface area contributed by atoms with Gasteiger partial charge in [-0.3, -0.25) is 4.79 Å². The summed E-state index contributed by atoms with van der Waals surface area (Å²) in [5.41, 5.74) is 5.19. The van der Waals surface area contributed by atoms with Crippen molar-refractivity contribution in [2.24, 2.45) is 11.7 Å². The van der Waals surface area contributed by atoms with Gasteiger partial charge in [0.2, 0.25) is 5.91 Å². The maximum atomic E-state index is 10.9. The molecule has 1 heterocycles. The van der Waals surface area contributed by atoms with Crippen molar-refractivity contribution in [3.63, 3.8) is 0 Å². The highest BCUT2D eigenvalue weighted by Crippen LogP contribution is 2.14. The normalized spacial score (nSPS) is 20.2. The van der Waals surface area contributed by atoms with E-state index in [1.807, 2.05) is 0 Å². The second-order valence-electron chi connectivity index (χ2n) is 3.75. The highest BCUT2D eigenvalue weighted by Gasteiger charge is 2.16. The Bertz CT molecular complexity index is 164. The van der Waals surface area contributed by atoms with Crippen molar-refractivity contribution >= 4 is 5.91 Å². The van der Waals surface area contributed by atoms with Crippen LogP contribution in [0.3, 0.4) is 0 Å². The van der Waals surface area contributed by atoms with E-state index in [0.717, 1.165) is 19.6 Å². The maximum absolute atomic E-state index is 10.9. The molecule has 1 saturated heterocycles. The molecular formula is C9H19N3O. The molecule has 1 fully saturated rings. The van der Waals surface area contributed by atoms with E-state index in [1.165, 1.54) is 12.8 Å². The van der Waals surface area contributed by atoms with Crippen LogP contribution in [0.15, 0.2) is 0 Å². The number of nitrogens with two attached hydrogens (primary N) is 1. The largest absolute Gasteiger partial charge is 0.355 e. The highest BCUT2D eigenvalue weighted by molar-refractivity contribution is 5.77. The second kappa shape index (κ2) is 5.19. The van der Waals surface area contributed by atoms with Crippen molar-refractivity contribution in [2.75, 3.05) is 33.2 Å². The molecule has 0 bridgehead atoms. The number of nitrogens with zero attached hydrogens (tertiary/aromatic N) is 1. The van der Waals surface area contributed by atoms with Crippen LogP contribution in [0.5, 0.6) is 0 Å². The summed E-state index contributed by atoms with van der Waals surface area (Å²) in [5, 5.41) is 2.83. The lowest BCUT2D eigenvalue weighted by Crippen LogP contribution is -2.38. The van der Waals surface area contributed by atoms with Gasteiger partial charge in [-0.2, -0.15) is 0 Å². The first-order valence-corrected chi connectivity index (χ1v) is 4.87. The predicted octanol–water partition coefficient (Wildman–Crippen LogP) is -0.597. The standard InChI is InChI=1S/C9H19N3O/c1-12-4-2-8(3-5-12)7-11-9(13)6-10/h8H,2-7,10H2,1H3,(H,11,13). The summed E-state index contributed by atoms with van der Waals surface area (Å²) in [6, 6.07) is 0. The molecule has 76 valence electrons. The molecule has 4 heteroatoms. The number of likely N-dealkylation sites (tertiary alicyclic amines) is 1. The minimum atomic E-state index is -0.0427. The monoisotopic (exact) mass is 185 g/mol. The molecule has 0 aliphatic carbocycles. The Morgan fingerprint density at radius 1 is 1.54 bits per heavy atom. The zero-order valence-electron chi connectivity index (χ0n) is 8.25. The van der Waals surface area contributed by atoms with Crippen LogP contribution >= 0.6 is 0 Å². The SMILES string of the molecule is CN1CCC(CNC(=O)CN)CC1. The van der Waals surface area contributed by atoms with Crippen LogP contribution in [0.25, 0.3) is 0 Å². The fourth-order valence-corrected chi connectivity index (χ4v) is 1.60. The van der Waals surface area contributed by atoms with Crippen molar-refractivity contribution in [2.45, 2.75) is 12.8 Å². The summed E-state index contributed by atoms with van der Waals surface area (Å²) in [5.74, 6) is 0.602. The zero-order chi connectivity index (χ0) is 9.68. The van der Waals surface area contributed by atoms with E-state index in [2.05, 4.69) is 17.3 Å². The van der Waals surface area contributed by atoms with Crippen LogP contribution in [-0.4, -0.2) is 44.0 Å². The van der Waals surface area contributed by atoms with Crippen LogP contribution in [0.4, 0.5) is 0 Å². The van der Waals surface area contributed by atoms with Gasteiger partial charge in [0.15, 0.2) is 0 Å². The minimum Gasteiger partial charge on any atom is -0.355 e. The lowest BCUT2D eigenvalue weighted by atomic mass is 9.97. The molecular weight excluding hydrogens is 166 g/mol. The molecule has 0 spiro atoms. The Balaban J connectivity index is 2.12. The van der Waals surface area contributed by atoms with Gasteiger partial charge in [-0.1, -0.05) is 0 Å². The number of amides is 1. The lowest BCUT2D eigenvalue weighted by molar-refractivity contribution is -0.119. The number of hydrogen-bond donors (Lipinski definition) is 2. The third kappa shape index (κ3) is 3.74. The van der Waals surface area contributed by atoms with Gasteiger partial charge in [0, 0.05) is 6.54 Å². The first-order chi connectivity index (χ1) is 6.22. The number of hydrogen-bond acceptors (Lipinski definition) is 3. The van der Waals surface area contributed by atoms with Crippen LogP contribution in [0.2, 0.25) is 0 Å². The molecule has 3 N–H and O–H groups in total. The molecule has 0 radical (unpaired) electrons. The van der Waals surface area contributed by atoms with Gasteiger partial charge in [0.1, 0.15) is 0 Å². The van der Waals surface area contributed by atoms with E-state index in [9.17, 15) is 4.79 Å². The molecule has 0 saturated carbocycles. The third-order valence-electron chi connectivity index (χ3n) is 2.61. The summed E-state index contributed by atoms with van der Waals surface area (Å²) in [6.45, 7) is 3.18. The van der Waals surface area contributed by atoms with Gasteiger partial charge in [-0.15, -0.1) is 0 Å². The van der Waals surface area contributed by atoms with Crippen molar-refractivity contribution in [3.8, 4) is 0 Å².